The summed E-state index contributed by atoms with van der Waals surface area (Å²) in [6.45, 7) is 9.07. The quantitative estimate of drug-likeness (QED) is 0.771. The van der Waals surface area contributed by atoms with Gasteiger partial charge in [-0.1, -0.05) is 23.8 Å². The Morgan fingerprint density at radius 1 is 1.35 bits per heavy atom. The minimum absolute atomic E-state index is 0.00425. The molecule has 0 aliphatic carbocycles. The number of hydrogen-bond acceptors (Lipinski definition) is 5. The molecule has 1 N–H and O–H groups in total. The molecule has 26 heavy (non-hydrogen) atoms. The summed E-state index contributed by atoms with van der Waals surface area (Å²) in [7, 11) is 0. The first-order valence-electron chi connectivity index (χ1n) is 8.93. The molecule has 1 aliphatic heterocycles. The lowest BCUT2D eigenvalue weighted by molar-refractivity contribution is 0.0175. The van der Waals surface area contributed by atoms with Crippen molar-refractivity contribution in [1.29, 1.82) is 0 Å². The Bertz CT molecular complexity index is 1020. The Balaban J connectivity index is 1.86. The van der Waals surface area contributed by atoms with Gasteiger partial charge in [0.25, 0.3) is 5.56 Å². The number of benzene rings is 1. The fraction of sp³-hybridized carbons (Fsp3) is 0.400. The molecule has 3 heterocycles. The van der Waals surface area contributed by atoms with Crippen LogP contribution in [0.3, 0.4) is 0 Å². The summed E-state index contributed by atoms with van der Waals surface area (Å²) in [5.41, 5.74) is 4.54. The average molecular weight is 369 g/mol. The van der Waals surface area contributed by atoms with Crippen molar-refractivity contribution < 1.29 is 4.74 Å². The van der Waals surface area contributed by atoms with Gasteiger partial charge in [0.15, 0.2) is 0 Å². The highest BCUT2D eigenvalue weighted by Gasteiger charge is 2.20. The molecule has 4 rings (SSSR count). The highest BCUT2D eigenvalue weighted by Crippen LogP contribution is 2.37. The highest BCUT2D eigenvalue weighted by molar-refractivity contribution is 7.19. The molecule has 1 saturated heterocycles. The van der Waals surface area contributed by atoms with E-state index in [1.807, 2.05) is 0 Å². The number of aryl methyl sites for hydroxylation is 3. The predicted octanol–water partition coefficient (Wildman–Crippen LogP) is 3.04. The number of aromatic nitrogens is 2. The third kappa shape index (κ3) is 3.09. The first-order chi connectivity index (χ1) is 12.5. The zero-order valence-electron chi connectivity index (χ0n) is 15.3. The van der Waals surface area contributed by atoms with E-state index in [9.17, 15) is 4.79 Å². The smallest absolute Gasteiger partial charge is 0.262 e. The van der Waals surface area contributed by atoms with Crippen LogP contribution < -0.4 is 10.9 Å². The van der Waals surface area contributed by atoms with E-state index < -0.39 is 0 Å². The highest BCUT2D eigenvalue weighted by atomic mass is 32.1. The van der Waals surface area contributed by atoms with Gasteiger partial charge in [0.2, 0.25) is 0 Å². The monoisotopic (exact) mass is 369 g/mol. The van der Waals surface area contributed by atoms with E-state index in [0.717, 1.165) is 39.3 Å². The normalized spacial score (nSPS) is 17.7. The predicted molar refractivity (Wildman–Crippen MR) is 106 cm³/mol. The van der Waals surface area contributed by atoms with Crippen molar-refractivity contribution in [3.8, 4) is 11.1 Å². The molecule has 0 spiro atoms. The van der Waals surface area contributed by atoms with Gasteiger partial charge in [0, 0.05) is 23.5 Å². The second-order valence-corrected chi connectivity index (χ2v) is 8.13. The summed E-state index contributed by atoms with van der Waals surface area (Å²) < 4.78 is 7.45. The summed E-state index contributed by atoms with van der Waals surface area (Å²) in [5.74, 6) is 0. The average Bonchev–Trinajstić information content (AvgIpc) is 2.97. The Morgan fingerprint density at radius 2 is 2.19 bits per heavy atom. The topological polar surface area (TPSA) is 56.1 Å². The molecular weight excluding hydrogens is 346 g/mol. The molecule has 6 heteroatoms. The van der Waals surface area contributed by atoms with Crippen molar-refractivity contribution in [2.24, 2.45) is 0 Å². The molecule has 1 aromatic carbocycles. The third-order valence-corrected chi connectivity index (χ3v) is 5.94. The van der Waals surface area contributed by atoms with E-state index in [0.29, 0.717) is 13.2 Å². The van der Waals surface area contributed by atoms with Crippen LogP contribution in [0.4, 0.5) is 0 Å². The van der Waals surface area contributed by atoms with Gasteiger partial charge in [0.05, 0.1) is 31.0 Å². The molecular formula is C20H23N3O2S. The first-order valence-corrected chi connectivity index (χ1v) is 9.74. The van der Waals surface area contributed by atoms with Crippen LogP contribution in [0.2, 0.25) is 0 Å². The fourth-order valence-electron chi connectivity index (χ4n) is 3.55. The molecule has 3 aromatic rings. The number of ether oxygens (including phenoxy) is 1. The van der Waals surface area contributed by atoms with E-state index in [4.69, 9.17) is 4.74 Å². The lowest BCUT2D eigenvalue weighted by Gasteiger charge is -2.24. The van der Waals surface area contributed by atoms with E-state index in [1.54, 1.807) is 22.2 Å². The maximum atomic E-state index is 13.3. The standard InChI is InChI=1S/C20H23N3O2S/c1-12-4-5-13(2)16(8-12)17-14(3)26-19-18(17)20(24)23(11-22-19)10-15-9-21-6-7-25-15/h4-5,8,11,15,21H,6-7,9-10H2,1-3H3/t15-/m0/s1. The van der Waals surface area contributed by atoms with Crippen molar-refractivity contribution in [3.63, 3.8) is 0 Å². The fourth-order valence-corrected chi connectivity index (χ4v) is 4.55. The van der Waals surface area contributed by atoms with Crippen LogP contribution in [-0.2, 0) is 11.3 Å². The molecule has 0 unspecified atom stereocenters. The summed E-state index contributed by atoms with van der Waals surface area (Å²) in [5, 5.41) is 4.04. The third-order valence-electron chi connectivity index (χ3n) is 4.92. The Labute approximate surface area is 156 Å². The molecule has 0 amide bonds. The number of morpholine rings is 1. The van der Waals surface area contributed by atoms with Crippen molar-refractivity contribution in [2.45, 2.75) is 33.4 Å². The molecule has 0 bridgehead atoms. The van der Waals surface area contributed by atoms with Gasteiger partial charge in [-0.05, 0) is 31.9 Å². The Morgan fingerprint density at radius 3 is 2.96 bits per heavy atom. The zero-order chi connectivity index (χ0) is 18.3. The summed E-state index contributed by atoms with van der Waals surface area (Å²) in [4.78, 5) is 19.8. The van der Waals surface area contributed by atoms with Crippen LogP contribution in [0, 0.1) is 20.8 Å². The van der Waals surface area contributed by atoms with Gasteiger partial charge >= 0.3 is 0 Å². The minimum atomic E-state index is 0.00425. The molecule has 2 aromatic heterocycles. The molecule has 136 valence electrons. The Kier molecular flexibility index (Phi) is 4.65. The van der Waals surface area contributed by atoms with E-state index in [1.165, 1.54) is 11.1 Å². The molecule has 0 radical (unpaired) electrons. The van der Waals surface area contributed by atoms with Gasteiger partial charge in [-0.3, -0.25) is 9.36 Å². The molecule has 5 nitrogen and oxygen atoms in total. The second-order valence-electron chi connectivity index (χ2n) is 6.93. The van der Waals surface area contributed by atoms with Gasteiger partial charge in [-0.2, -0.15) is 0 Å². The summed E-state index contributed by atoms with van der Waals surface area (Å²) in [6, 6.07) is 6.38. The van der Waals surface area contributed by atoms with Crippen LogP contribution in [0.25, 0.3) is 21.3 Å². The number of fused-ring (bicyclic) bond motifs is 1. The lowest BCUT2D eigenvalue weighted by Crippen LogP contribution is -2.42. The van der Waals surface area contributed by atoms with Crippen LogP contribution >= 0.6 is 11.3 Å². The second kappa shape index (κ2) is 6.95. The molecule has 1 atom stereocenters. The van der Waals surface area contributed by atoms with Crippen molar-refractivity contribution in [3.05, 3.63) is 50.9 Å². The number of nitrogens with one attached hydrogen (secondary N) is 1. The number of nitrogens with zero attached hydrogens (tertiary/aromatic N) is 2. The van der Waals surface area contributed by atoms with E-state index in [-0.39, 0.29) is 11.7 Å². The first kappa shape index (κ1) is 17.4. The van der Waals surface area contributed by atoms with Gasteiger partial charge in [0.1, 0.15) is 4.83 Å². The summed E-state index contributed by atoms with van der Waals surface area (Å²) in [6.07, 6.45) is 1.66. The minimum Gasteiger partial charge on any atom is -0.374 e. The van der Waals surface area contributed by atoms with E-state index in [2.05, 4.69) is 49.3 Å². The Hall–Kier alpha value is -2.02. The maximum absolute atomic E-state index is 13.3. The molecule has 0 saturated carbocycles. The van der Waals surface area contributed by atoms with Crippen LogP contribution in [0.1, 0.15) is 16.0 Å². The SMILES string of the molecule is Cc1ccc(C)c(-c2c(C)sc3ncn(C[C@@H]4CNCCO4)c(=O)c23)c1. The van der Waals surface area contributed by atoms with Crippen molar-refractivity contribution >= 4 is 21.6 Å². The van der Waals surface area contributed by atoms with E-state index >= 15 is 0 Å². The lowest BCUT2D eigenvalue weighted by atomic mass is 9.97. The van der Waals surface area contributed by atoms with Crippen LogP contribution in [0.15, 0.2) is 29.3 Å². The van der Waals surface area contributed by atoms with Gasteiger partial charge in [-0.25, -0.2) is 4.98 Å². The van der Waals surface area contributed by atoms with Crippen molar-refractivity contribution in [1.82, 2.24) is 14.9 Å². The number of thiophene rings is 1. The largest absolute Gasteiger partial charge is 0.374 e. The zero-order valence-corrected chi connectivity index (χ0v) is 16.2. The number of hydrogen-bond donors (Lipinski definition) is 1. The molecule has 1 aliphatic rings. The molecule has 1 fully saturated rings. The summed E-state index contributed by atoms with van der Waals surface area (Å²) >= 11 is 1.59. The number of rotatable bonds is 3. The van der Waals surface area contributed by atoms with Gasteiger partial charge in [-0.15, -0.1) is 11.3 Å². The maximum Gasteiger partial charge on any atom is 0.262 e. The van der Waals surface area contributed by atoms with Crippen molar-refractivity contribution in [2.75, 3.05) is 19.7 Å². The van der Waals surface area contributed by atoms with Gasteiger partial charge < -0.3 is 10.1 Å². The van der Waals surface area contributed by atoms with Crippen LogP contribution in [0.5, 0.6) is 0 Å². The van der Waals surface area contributed by atoms with Crippen LogP contribution in [-0.4, -0.2) is 35.4 Å².